The zero-order valence-corrected chi connectivity index (χ0v) is 22.9. The molecular weight excluding hydrogens is 610 g/mol. The number of nitrogens with one attached hydrogen (secondary N) is 2. The maximum absolute atomic E-state index is 13.2. The topological polar surface area (TPSA) is 87.7 Å². The molecule has 0 bridgehead atoms. The molecule has 1 aliphatic rings. The van der Waals surface area contributed by atoms with Gasteiger partial charge in [-0.05, 0) is 99.0 Å². The van der Waals surface area contributed by atoms with Crippen molar-refractivity contribution in [2.45, 2.75) is 6.92 Å². The minimum absolute atomic E-state index is 0.0170. The molecular formula is C26H19Br2N3O4S. The van der Waals surface area contributed by atoms with Crippen LogP contribution < -0.4 is 20.3 Å². The number of anilines is 2. The van der Waals surface area contributed by atoms with Crippen molar-refractivity contribution in [3.63, 3.8) is 0 Å². The molecule has 0 spiro atoms. The maximum Gasteiger partial charge on any atom is 0.270 e. The minimum Gasteiger partial charge on any atom is -0.481 e. The number of aryl methyl sites for hydroxylation is 1. The molecule has 0 unspecified atom stereocenters. The van der Waals surface area contributed by atoms with Gasteiger partial charge in [0.05, 0.1) is 14.6 Å². The van der Waals surface area contributed by atoms with Gasteiger partial charge in [0.2, 0.25) is 0 Å². The molecule has 0 aliphatic carbocycles. The van der Waals surface area contributed by atoms with Gasteiger partial charge in [-0.15, -0.1) is 0 Å². The van der Waals surface area contributed by atoms with Crippen molar-refractivity contribution < 1.29 is 19.1 Å². The maximum atomic E-state index is 13.2. The molecule has 1 heterocycles. The van der Waals surface area contributed by atoms with Gasteiger partial charge in [-0.3, -0.25) is 24.6 Å². The first-order valence-corrected chi connectivity index (χ1v) is 12.7. The molecule has 0 radical (unpaired) electrons. The summed E-state index contributed by atoms with van der Waals surface area (Å²) in [6.07, 6.45) is 1.47. The third kappa shape index (κ3) is 5.89. The number of hydrogen-bond acceptors (Lipinski definition) is 5. The molecule has 0 atom stereocenters. The van der Waals surface area contributed by atoms with E-state index in [9.17, 15) is 14.4 Å². The molecule has 182 valence electrons. The van der Waals surface area contributed by atoms with Crippen LogP contribution in [0, 0.1) is 6.92 Å². The van der Waals surface area contributed by atoms with Gasteiger partial charge in [0.15, 0.2) is 11.7 Å². The Morgan fingerprint density at radius 1 is 1.06 bits per heavy atom. The van der Waals surface area contributed by atoms with E-state index in [0.717, 1.165) is 5.56 Å². The number of benzene rings is 3. The number of hydrogen-bond donors (Lipinski definition) is 2. The zero-order valence-electron chi connectivity index (χ0n) is 18.9. The van der Waals surface area contributed by atoms with Crippen molar-refractivity contribution in [1.29, 1.82) is 0 Å². The van der Waals surface area contributed by atoms with Crippen LogP contribution in [0.25, 0.3) is 6.08 Å². The number of nitrogens with zero attached hydrogens (tertiary/aromatic N) is 1. The van der Waals surface area contributed by atoms with E-state index in [0.29, 0.717) is 31.6 Å². The van der Waals surface area contributed by atoms with Crippen molar-refractivity contribution in [1.82, 2.24) is 5.32 Å². The number of halogens is 2. The Hall–Kier alpha value is -3.34. The summed E-state index contributed by atoms with van der Waals surface area (Å²) in [6.45, 7) is 1.75. The van der Waals surface area contributed by atoms with Crippen molar-refractivity contribution in [2.75, 3.05) is 16.8 Å². The molecule has 0 aromatic heterocycles. The highest BCUT2D eigenvalue weighted by Crippen LogP contribution is 2.36. The summed E-state index contributed by atoms with van der Waals surface area (Å²) in [5.41, 5.74) is 2.80. The number of para-hydroxylation sites is 1. The van der Waals surface area contributed by atoms with Gasteiger partial charge in [0.25, 0.3) is 17.7 Å². The Morgan fingerprint density at radius 2 is 1.69 bits per heavy atom. The van der Waals surface area contributed by atoms with E-state index in [1.807, 2.05) is 37.3 Å². The molecule has 1 fully saturated rings. The average molecular weight is 629 g/mol. The number of ether oxygens (including phenoxy) is 1. The van der Waals surface area contributed by atoms with Crippen molar-refractivity contribution in [3.05, 3.63) is 92.4 Å². The standard InChI is InChI=1S/C26H19Br2N3O4S/c1-15-7-9-17(10-8-15)29-22(32)14-35-23-20(27)12-16(13-21(23)28)11-19-24(33)30-26(36)31(25(19)34)18-5-3-2-4-6-18/h2-13H,14H2,1H3,(H,29,32)(H,30,33,36)/b19-11-. The first-order chi connectivity index (χ1) is 17.2. The van der Waals surface area contributed by atoms with E-state index in [4.69, 9.17) is 17.0 Å². The lowest BCUT2D eigenvalue weighted by molar-refractivity contribution is -0.122. The van der Waals surface area contributed by atoms with Crippen molar-refractivity contribution >= 4 is 84.4 Å². The van der Waals surface area contributed by atoms with Crippen LogP contribution in [-0.4, -0.2) is 29.4 Å². The van der Waals surface area contributed by atoms with Crippen LogP contribution in [0.2, 0.25) is 0 Å². The molecule has 4 rings (SSSR count). The fourth-order valence-corrected chi connectivity index (χ4v) is 5.14. The molecule has 3 aromatic carbocycles. The molecule has 2 N–H and O–H groups in total. The molecule has 3 amide bonds. The molecule has 1 aliphatic heterocycles. The lowest BCUT2D eigenvalue weighted by atomic mass is 10.1. The van der Waals surface area contributed by atoms with Gasteiger partial charge in [0.1, 0.15) is 11.3 Å². The van der Waals surface area contributed by atoms with Crippen LogP contribution >= 0.6 is 44.1 Å². The van der Waals surface area contributed by atoms with E-state index >= 15 is 0 Å². The van der Waals surface area contributed by atoms with Gasteiger partial charge in [-0.25, -0.2) is 0 Å². The van der Waals surface area contributed by atoms with Crippen LogP contribution in [0.5, 0.6) is 5.75 Å². The van der Waals surface area contributed by atoms with Gasteiger partial charge in [0, 0.05) is 5.69 Å². The fraction of sp³-hybridized carbons (Fsp3) is 0.0769. The molecule has 7 nitrogen and oxygen atoms in total. The van der Waals surface area contributed by atoms with Crippen LogP contribution in [0.3, 0.4) is 0 Å². The largest absolute Gasteiger partial charge is 0.481 e. The Labute approximate surface area is 229 Å². The first kappa shape index (κ1) is 25.7. The monoisotopic (exact) mass is 627 g/mol. The van der Waals surface area contributed by atoms with E-state index in [2.05, 4.69) is 42.5 Å². The predicted molar refractivity (Wildman–Crippen MR) is 150 cm³/mol. The predicted octanol–water partition coefficient (Wildman–Crippen LogP) is 5.37. The zero-order chi connectivity index (χ0) is 25.8. The molecule has 0 saturated carbocycles. The van der Waals surface area contributed by atoms with Gasteiger partial charge in [-0.1, -0.05) is 35.9 Å². The SMILES string of the molecule is Cc1ccc(NC(=O)COc2c(Br)cc(/C=C3/C(=O)NC(=S)N(c4ccccc4)C3=O)cc2Br)cc1. The third-order valence-corrected chi connectivity index (χ3v) is 6.59. The Bertz CT molecular complexity index is 1370. The van der Waals surface area contributed by atoms with Crippen molar-refractivity contribution in [3.8, 4) is 5.75 Å². The highest BCUT2D eigenvalue weighted by molar-refractivity contribution is 9.11. The highest BCUT2D eigenvalue weighted by Gasteiger charge is 2.34. The van der Waals surface area contributed by atoms with E-state index < -0.39 is 11.8 Å². The number of thiocarbonyl (C=S) groups is 1. The Morgan fingerprint density at radius 3 is 2.33 bits per heavy atom. The van der Waals surface area contributed by atoms with Gasteiger partial charge < -0.3 is 10.1 Å². The number of rotatable bonds is 6. The molecule has 1 saturated heterocycles. The summed E-state index contributed by atoms with van der Waals surface area (Å²) >= 11 is 12.1. The lowest BCUT2D eigenvalue weighted by Crippen LogP contribution is -2.54. The second kappa shape index (κ2) is 11.2. The normalized spacial score (nSPS) is 14.6. The highest BCUT2D eigenvalue weighted by atomic mass is 79.9. The summed E-state index contributed by atoms with van der Waals surface area (Å²) in [7, 11) is 0. The van der Waals surface area contributed by atoms with Crippen LogP contribution in [0.4, 0.5) is 11.4 Å². The molecule has 36 heavy (non-hydrogen) atoms. The Balaban J connectivity index is 1.51. The second-order valence-electron chi connectivity index (χ2n) is 7.81. The van der Waals surface area contributed by atoms with Crippen LogP contribution in [-0.2, 0) is 14.4 Å². The summed E-state index contributed by atoms with van der Waals surface area (Å²) in [6, 6.07) is 19.6. The molecule has 10 heteroatoms. The fourth-order valence-electron chi connectivity index (χ4n) is 3.41. The van der Waals surface area contributed by atoms with Crippen molar-refractivity contribution in [2.24, 2.45) is 0 Å². The second-order valence-corrected chi connectivity index (χ2v) is 9.91. The summed E-state index contributed by atoms with van der Waals surface area (Å²) < 4.78 is 6.77. The summed E-state index contributed by atoms with van der Waals surface area (Å²) in [4.78, 5) is 39.3. The van der Waals surface area contributed by atoms with Gasteiger partial charge in [-0.2, -0.15) is 0 Å². The Kier molecular flexibility index (Phi) is 7.97. The van der Waals surface area contributed by atoms with E-state index in [1.54, 1.807) is 36.4 Å². The minimum atomic E-state index is -0.586. The summed E-state index contributed by atoms with van der Waals surface area (Å²) in [5.74, 6) is -1.03. The number of carbonyl (C=O) groups excluding carboxylic acids is 3. The van der Waals surface area contributed by atoms with E-state index in [1.165, 1.54) is 11.0 Å². The number of amides is 3. The first-order valence-electron chi connectivity index (χ1n) is 10.7. The van der Waals surface area contributed by atoms with Gasteiger partial charge >= 0.3 is 0 Å². The van der Waals surface area contributed by atoms with Crippen LogP contribution in [0.1, 0.15) is 11.1 Å². The number of carbonyl (C=O) groups is 3. The van der Waals surface area contributed by atoms with E-state index in [-0.39, 0.29) is 23.2 Å². The smallest absolute Gasteiger partial charge is 0.270 e. The quantitative estimate of drug-likeness (QED) is 0.218. The average Bonchev–Trinajstić information content (AvgIpc) is 2.83. The third-order valence-electron chi connectivity index (χ3n) is 5.13. The molecule has 3 aromatic rings. The summed E-state index contributed by atoms with van der Waals surface area (Å²) in [5, 5.41) is 5.35. The lowest BCUT2D eigenvalue weighted by Gasteiger charge is -2.28. The van der Waals surface area contributed by atoms with Crippen LogP contribution in [0.15, 0.2) is 81.2 Å².